The molecule has 4 aromatic heterocycles. The smallest absolute Gasteiger partial charge is 0.277 e. The van der Waals surface area contributed by atoms with Gasteiger partial charge in [0.25, 0.3) is 43.2 Å². The Hall–Kier alpha value is -10.9. The molecule has 2 saturated carbocycles. The molecule has 6 aromatic carbocycles. The lowest BCUT2D eigenvalue weighted by atomic mass is 9.72. The maximum absolute atomic E-state index is 14.1. The zero-order chi connectivity index (χ0) is 87.8. The molecular formula is C96H106Cl2N12O14S2. The van der Waals surface area contributed by atoms with Crippen LogP contribution >= 0.6 is 23.2 Å². The highest BCUT2D eigenvalue weighted by molar-refractivity contribution is 7.90. The number of nitrogens with zero attached hydrogens (tertiary/aromatic N) is 8. The summed E-state index contributed by atoms with van der Waals surface area (Å²) >= 11 is 12.5. The van der Waals surface area contributed by atoms with Gasteiger partial charge in [0, 0.05) is 158 Å². The van der Waals surface area contributed by atoms with E-state index < -0.39 is 51.5 Å². The molecule has 30 heteroatoms. The number of benzene rings is 6. The minimum absolute atomic E-state index is 0.0314. The fourth-order valence-corrected chi connectivity index (χ4v) is 22.1. The van der Waals surface area contributed by atoms with Gasteiger partial charge in [-0.25, -0.2) is 36.2 Å². The van der Waals surface area contributed by atoms with E-state index in [4.69, 9.17) is 42.1 Å². The lowest BCUT2D eigenvalue weighted by Crippen LogP contribution is -2.47. The summed E-state index contributed by atoms with van der Waals surface area (Å²) < 4.78 is 84.8. The molecule has 2 saturated heterocycles. The maximum Gasteiger partial charge on any atom is 0.277 e. The van der Waals surface area contributed by atoms with E-state index in [9.17, 15) is 46.7 Å². The molecular weight excluding hydrogens is 1680 g/mol. The van der Waals surface area contributed by atoms with Crippen molar-refractivity contribution < 1.29 is 55.2 Å². The molecule has 4 fully saturated rings. The molecule has 126 heavy (non-hydrogen) atoms. The number of nitrogens with one attached hydrogen (secondary N) is 4. The number of fused-ring (bicyclic) bond motifs is 4. The zero-order valence-corrected chi connectivity index (χ0v) is 74.5. The van der Waals surface area contributed by atoms with Crippen LogP contribution in [0.25, 0.3) is 33.2 Å². The van der Waals surface area contributed by atoms with Gasteiger partial charge in [0.15, 0.2) is 0 Å². The Morgan fingerprint density at radius 3 is 1.28 bits per heavy atom. The van der Waals surface area contributed by atoms with Gasteiger partial charge < -0.3 is 38.7 Å². The summed E-state index contributed by atoms with van der Waals surface area (Å²) in [6.45, 7) is 18.0. The van der Waals surface area contributed by atoms with E-state index in [1.165, 1.54) is 70.8 Å². The van der Waals surface area contributed by atoms with Crippen molar-refractivity contribution in [1.29, 1.82) is 0 Å². The number of amides is 2. The van der Waals surface area contributed by atoms with E-state index in [0.717, 1.165) is 200 Å². The summed E-state index contributed by atoms with van der Waals surface area (Å²) in [5.41, 5.74) is 11.7. The average molecular weight is 1790 g/mol. The van der Waals surface area contributed by atoms with Gasteiger partial charge in [-0.1, -0.05) is 151 Å². The zero-order valence-electron chi connectivity index (χ0n) is 71.4. The van der Waals surface area contributed by atoms with Crippen molar-refractivity contribution >= 4 is 111 Å². The van der Waals surface area contributed by atoms with Crippen LogP contribution in [0.15, 0.2) is 179 Å². The first-order valence-corrected chi connectivity index (χ1v) is 47.7. The number of halogens is 2. The number of H-pyrrole nitrogens is 2. The van der Waals surface area contributed by atoms with Gasteiger partial charge in [0.1, 0.15) is 45.8 Å². The molecule has 660 valence electrons. The van der Waals surface area contributed by atoms with E-state index in [1.54, 1.807) is 60.9 Å². The maximum atomic E-state index is 14.1. The number of nitro groups is 2. The molecule has 1 unspecified atom stereocenters. The number of piperazine rings is 2. The van der Waals surface area contributed by atoms with Crippen molar-refractivity contribution in [3.8, 4) is 34.5 Å². The standard InChI is InChI=1S/2C48H53ClN6O7S/c2*1-48(2)16-14-34(42(27-48)32-8-10-36(49)11-9-32)29-53-18-20-54(21-19-53)37-12-13-40(45(24-37)62-38-22-33-15-17-50-46(33)51-28-38)47(56)52-63(59,60)39-25-43(55(57)58)41-23-35(30-61-44(41)26-39)31-6-4-3-5-7-31/h2*8-13,15,17,22,24-26,28,31,35H,3-7,14,16,18-21,23,27,29-30H2,1-2H3,(H,50,51)(H,52,56)/t35-;/m0./s1. The Labute approximate surface area is 744 Å². The van der Waals surface area contributed by atoms with Crippen LogP contribution in [0.3, 0.4) is 0 Å². The number of nitro benzene ring substituents is 2. The second-order valence-corrected chi connectivity index (χ2v) is 40.9. The third-order valence-corrected chi connectivity index (χ3v) is 30.1. The summed E-state index contributed by atoms with van der Waals surface area (Å²) in [6.07, 6.45) is 25.0. The Kier molecular flexibility index (Phi) is 25.5. The Morgan fingerprint density at radius 1 is 0.508 bits per heavy atom. The number of anilines is 2. The number of carbonyl (C=O) groups excluding carboxylic acids is 2. The predicted octanol–water partition coefficient (Wildman–Crippen LogP) is 19.9. The number of aromatic amines is 2. The van der Waals surface area contributed by atoms with E-state index in [0.29, 0.717) is 71.8 Å². The van der Waals surface area contributed by atoms with Gasteiger partial charge in [0.2, 0.25) is 0 Å². The van der Waals surface area contributed by atoms with E-state index in [-0.39, 0.29) is 68.2 Å². The molecule has 4 aliphatic heterocycles. The van der Waals surface area contributed by atoms with Crippen molar-refractivity contribution in [3.05, 3.63) is 233 Å². The van der Waals surface area contributed by atoms with Crippen LogP contribution in [0.1, 0.15) is 173 Å². The summed E-state index contributed by atoms with van der Waals surface area (Å²) in [4.78, 5) is 75.3. The Morgan fingerprint density at radius 2 is 0.897 bits per heavy atom. The molecule has 8 heterocycles. The lowest BCUT2D eigenvalue weighted by molar-refractivity contribution is -0.386. The lowest BCUT2D eigenvalue weighted by Gasteiger charge is -2.39. The summed E-state index contributed by atoms with van der Waals surface area (Å²) in [5.74, 6) is 0.474. The predicted molar refractivity (Wildman–Crippen MR) is 489 cm³/mol. The van der Waals surface area contributed by atoms with Crippen LogP contribution in [0, 0.1) is 54.7 Å². The quantitative estimate of drug-likeness (QED) is 0.0362. The minimum Gasteiger partial charge on any atom is -0.493 e. The molecule has 2 amide bonds. The normalized spacial score (nSPS) is 19.7. The second kappa shape index (κ2) is 36.8. The first kappa shape index (κ1) is 87.2. The fraction of sp³-hybridized carbons (Fsp3) is 0.417. The molecule has 0 spiro atoms. The second-order valence-electron chi connectivity index (χ2n) is 36.7. The van der Waals surface area contributed by atoms with Crippen LogP contribution in [0.4, 0.5) is 22.7 Å². The van der Waals surface area contributed by atoms with Crippen LogP contribution in [0.2, 0.25) is 10.0 Å². The molecule has 10 aromatic rings. The number of hydrogen-bond acceptors (Lipinski definition) is 20. The summed E-state index contributed by atoms with van der Waals surface area (Å²) in [6, 6.07) is 38.5. The number of carbonyl (C=O) groups is 2. The first-order chi connectivity index (χ1) is 60.6. The summed E-state index contributed by atoms with van der Waals surface area (Å²) in [7, 11) is -9.21. The number of allylic oxidation sites excluding steroid dienone is 2. The number of sulfonamides is 2. The van der Waals surface area contributed by atoms with Crippen LogP contribution in [0.5, 0.6) is 34.5 Å². The minimum atomic E-state index is -4.60. The molecule has 0 radical (unpaired) electrons. The topological polar surface area (TPSA) is 320 Å². The molecule has 18 rings (SSSR count). The van der Waals surface area contributed by atoms with E-state index >= 15 is 0 Å². The molecule has 8 aliphatic rings. The fourth-order valence-electron chi connectivity index (χ4n) is 19.8. The highest BCUT2D eigenvalue weighted by Crippen LogP contribution is 2.49. The van der Waals surface area contributed by atoms with Crippen molar-refractivity contribution in [2.75, 3.05) is 88.5 Å². The molecule has 4 aliphatic carbocycles. The average Bonchev–Trinajstić information content (AvgIpc) is 0.912. The Balaban J connectivity index is 0.000000178. The number of hydrogen-bond donors (Lipinski definition) is 4. The molecule has 0 bridgehead atoms. The van der Waals surface area contributed by atoms with Gasteiger partial charge >= 0.3 is 0 Å². The Bertz CT molecular complexity index is 5740. The van der Waals surface area contributed by atoms with Crippen molar-refractivity contribution in [2.45, 2.75) is 153 Å². The monoisotopic (exact) mass is 1780 g/mol. The van der Waals surface area contributed by atoms with Crippen molar-refractivity contribution in [2.24, 2.45) is 34.5 Å². The number of pyridine rings is 2. The van der Waals surface area contributed by atoms with Crippen molar-refractivity contribution in [3.63, 3.8) is 0 Å². The van der Waals surface area contributed by atoms with Crippen molar-refractivity contribution in [1.82, 2.24) is 39.2 Å². The first-order valence-electron chi connectivity index (χ1n) is 44.0. The summed E-state index contributed by atoms with van der Waals surface area (Å²) in [5, 5.41) is 27.8. The number of rotatable bonds is 22. The van der Waals surface area contributed by atoms with Crippen LogP contribution in [-0.2, 0) is 32.9 Å². The SMILES string of the molecule is CC1(C)CCC(CN2CCN(c3ccc(C(=O)NS(=O)(=O)c4cc5c(c([N+](=O)[O-])c4)CC(C4CCCCC4)CO5)c(Oc4cnc5[nH]ccc5c4)c3)CC2)=C(c2ccc(Cl)cc2)C1.CC1(C)CCC(CN2CCN(c3ccc(C(=O)NS(=O)(=O)c4cc5c(c([N+](=O)[O-])c4)C[C@H](C4CCCCC4)CO5)c(Oc4cnc5[nH]ccc5c4)c3)CC2)=C(c2ccc(Cl)cc2)C1. The third kappa shape index (κ3) is 19.9. The van der Waals surface area contributed by atoms with E-state index in [2.05, 4.69) is 101 Å². The van der Waals surface area contributed by atoms with Gasteiger partial charge in [-0.3, -0.25) is 39.6 Å². The third-order valence-electron chi connectivity index (χ3n) is 26.9. The highest BCUT2D eigenvalue weighted by atomic mass is 35.5. The number of ether oxygens (including phenoxy) is 4. The largest absolute Gasteiger partial charge is 0.493 e. The van der Waals surface area contributed by atoms with Crippen LogP contribution in [-0.4, -0.2) is 147 Å². The molecule has 2 atom stereocenters. The molecule has 4 N–H and O–H groups in total. The van der Waals surface area contributed by atoms with Gasteiger partial charge in [-0.05, 0) is 169 Å². The van der Waals surface area contributed by atoms with Gasteiger partial charge in [-0.15, -0.1) is 0 Å². The number of aromatic nitrogens is 4. The van der Waals surface area contributed by atoms with E-state index in [1.807, 2.05) is 36.4 Å². The molecule has 26 nitrogen and oxygen atoms in total. The van der Waals surface area contributed by atoms with Crippen LogP contribution < -0.4 is 38.2 Å². The highest BCUT2D eigenvalue weighted by Gasteiger charge is 2.40. The van der Waals surface area contributed by atoms with Gasteiger partial charge in [0.05, 0.1) is 67.5 Å². The van der Waals surface area contributed by atoms with Gasteiger partial charge in [-0.2, -0.15) is 0 Å².